The maximum atomic E-state index is 13.7. The highest BCUT2D eigenvalue weighted by molar-refractivity contribution is 7.80. The highest BCUT2D eigenvalue weighted by Crippen LogP contribution is 2.26. The second-order valence-corrected chi connectivity index (χ2v) is 7.20. The van der Waals surface area contributed by atoms with Gasteiger partial charge in [0.2, 0.25) is 0 Å². The van der Waals surface area contributed by atoms with Crippen LogP contribution in [0.5, 0.6) is 0 Å². The van der Waals surface area contributed by atoms with Crippen LogP contribution < -0.4 is 10.2 Å². The van der Waals surface area contributed by atoms with Crippen molar-refractivity contribution in [2.75, 3.05) is 4.90 Å². The smallest absolute Gasteiger partial charge is 0.270 e. The molecule has 0 radical (unpaired) electrons. The van der Waals surface area contributed by atoms with Gasteiger partial charge < -0.3 is 4.57 Å². The first kappa shape index (κ1) is 19.7. The van der Waals surface area contributed by atoms with Crippen molar-refractivity contribution in [3.05, 3.63) is 83.2 Å². The van der Waals surface area contributed by atoms with Crippen molar-refractivity contribution in [2.45, 2.75) is 13.8 Å². The van der Waals surface area contributed by atoms with Crippen LogP contribution in [0.4, 0.5) is 10.1 Å². The van der Waals surface area contributed by atoms with Gasteiger partial charge in [-0.1, -0.05) is 6.07 Å². The van der Waals surface area contributed by atoms with E-state index in [2.05, 4.69) is 10.3 Å². The number of carbonyl (C=O) groups is 2. The monoisotopic (exact) mass is 420 g/mol. The van der Waals surface area contributed by atoms with E-state index in [1.54, 1.807) is 18.5 Å². The highest BCUT2D eigenvalue weighted by Gasteiger charge is 2.34. The molecule has 4 rings (SSSR count). The van der Waals surface area contributed by atoms with E-state index in [1.165, 1.54) is 24.3 Å². The van der Waals surface area contributed by atoms with Crippen LogP contribution in [0.15, 0.2) is 60.4 Å². The van der Waals surface area contributed by atoms with Crippen molar-refractivity contribution in [3.8, 4) is 5.69 Å². The van der Waals surface area contributed by atoms with E-state index in [1.807, 2.05) is 36.6 Å². The fourth-order valence-corrected chi connectivity index (χ4v) is 3.76. The Hall–Kier alpha value is -3.65. The van der Waals surface area contributed by atoms with E-state index in [9.17, 15) is 14.0 Å². The minimum Gasteiger partial charge on any atom is -0.316 e. The normalized spacial score (nSPS) is 15.6. The van der Waals surface area contributed by atoms with Crippen molar-refractivity contribution < 1.29 is 14.0 Å². The first-order valence-corrected chi connectivity index (χ1v) is 9.54. The Morgan fingerprint density at radius 1 is 1.10 bits per heavy atom. The number of anilines is 1. The third-order valence-electron chi connectivity index (χ3n) is 4.84. The van der Waals surface area contributed by atoms with E-state index in [0.717, 1.165) is 22.0 Å². The molecular formula is C22H17FN4O2S. The predicted octanol–water partition coefficient (Wildman–Crippen LogP) is 3.46. The van der Waals surface area contributed by atoms with E-state index in [4.69, 9.17) is 12.2 Å². The standard InChI is InChI=1S/C22H17FN4O2S/c1-13-9-15(14(2)26(13)18-7-4-8-24-12-18)10-19-20(28)25-22(30)27(21(19)29)17-6-3-5-16(23)11-17/h3-12H,1-2H3,(H,25,28,30)/b19-10-. The number of pyridine rings is 1. The number of nitrogens with zero attached hydrogens (tertiary/aromatic N) is 3. The van der Waals surface area contributed by atoms with Crippen molar-refractivity contribution in [1.82, 2.24) is 14.9 Å². The Balaban J connectivity index is 1.77. The van der Waals surface area contributed by atoms with Gasteiger partial charge in [0.25, 0.3) is 11.8 Å². The SMILES string of the molecule is Cc1cc(/C=C2/C(=O)NC(=S)N(c3cccc(F)c3)C2=O)c(C)n1-c1cccnc1. The molecule has 1 saturated heterocycles. The number of benzene rings is 1. The lowest BCUT2D eigenvalue weighted by Gasteiger charge is -2.28. The van der Waals surface area contributed by atoms with Crippen LogP contribution in [0, 0.1) is 19.7 Å². The molecule has 3 heterocycles. The first-order chi connectivity index (χ1) is 14.4. The molecule has 0 atom stereocenters. The molecule has 0 spiro atoms. The lowest BCUT2D eigenvalue weighted by atomic mass is 10.1. The Labute approximate surface area is 177 Å². The van der Waals surface area contributed by atoms with Crippen molar-refractivity contribution >= 4 is 40.9 Å². The molecule has 0 unspecified atom stereocenters. The number of hydrogen-bond acceptors (Lipinski definition) is 4. The Morgan fingerprint density at radius 3 is 2.57 bits per heavy atom. The predicted molar refractivity (Wildman–Crippen MR) is 116 cm³/mol. The molecule has 8 heteroatoms. The number of hydrogen-bond donors (Lipinski definition) is 1. The van der Waals surface area contributed by atoms with E-state index in [0.29, 0.717) is 5.56 Å². The fraction of sp³-hybridized carbons (Fsp3) is 0.0909. The second-order valence-electron chi connectivity index (χ2n) is 6.81. The molecular weight excluding hydrogens is 403 g/mol. The van der Waals surface area contributed by atoms with Gasteiger partial charge in [0, 0.05) is 17.6 Å². The van der Waals surface area contributed by atoms with Crippen LogP contribution in [0.1, 0.15) is 17.0 Å². The van der Waals surface area contributed by atoms with Gasteiger partial charge in [-0.25, -0.2) is 4.39 Å². The summed E-state index contributed by atoms with van der Waals surface area (Å²) in [5.74, 6) is -1.71. The van der Waals surface area contributed by atoms with E-state index < -0.39 is 17.6 Å². The molecule has 3 aromatic rings. The minimum absolute atomic E-state index is 0.0840. The summed E-state index contributed by atoms with van der Waals surface area (Å²) < 4.78 is 15.7. The first-order valence-electron chi connectivity index (χ1n) is 9.13. The summed E-state index contributed by atoms with van der Waals surface area (Å²) in [6, 6.07) is 11.1. The van der Waals surface area contributed by atoms with Gasteiger partial charge in [-0.15, -0.1) is 0 Å². The molecule has 1 N–H and O–H groups in total. The lowest BCUT2D eigenvalue weighted by Crippen LogP contribution is -2.54. The van der Waals surface area contributed by atoms with Crippen LogP contribution in [0.2, 0.25) is 0 Å². The van der Waals surface area contributed by atoms with Gasteiger partial charge in [-0.05, 0) is 74.1 Å². The van der Waals surface area contributed by atoms with Crippen LogP contribution in [-0.2, 0) is 9.59 Å². The second kappa shape index (κ2) is 7.64. The Morgan fingerprint density at radius 2 is 1.87 bits per heavy atom. The average molecular weight is 420 g/mol. The van der Waals surface area contributed by atoms with Crippen LogP contribution >= 0.6 is 12.2 Å². The number of halogens is 1. The number of thiocarbonyl (C=S) groups is 1. The topological polar surface area (TPSA) is 67.2 Å². The summed E-state index contributed by atoms with van der Waals surface area (Å²) in [5, 5.41) is 2.42. The summed E-state index contributed by atoms with van der Waals surface area (Å²) >= 11 is 5.15. The number of amides is 2. The van der Waals surface area contributed by atoms with Crippen molar-refractivity contribution in [3.63, 3.8) is 0 Å². The van der Waals surface area contributed by atoms with Gasteiger partial charge in [-0.3, -0.25) is 24.8 Å². The largest absolute Gasteiger partial charge is 0.316 e. The zero-order valence-corrected chi connectivity index (χ0v) is 17.0. The van der Waals surface area contributed by atoms with E-state index >= 15 is 0 Å². The molecule has 30 heavy (non-hydrogen) atoms. The average Bonchev–Trinajstić information content (AvgIpc) is 2.99. The van der Waals surface area contributed by atoms with Gasteiger partial charge in [0.15, 0.2) is 5.11 Å². The Kier molecular flexibility index (Phi) is 5.01. The molecule has 1 aromatic carbocycles. The number of nitrogens with one attached hydrogen (secondary N) is 1. The number of aromatic nitrogens is 2. The minimum atomic E-state index is -0.611. The van der Waals surface area contributed by atoms with Crippen LogP contribution in [-0.4, -0.2) is 26.5 Å². The zero-order chi connectivity index (χ0) is 21.4. The summed E-state index contributed by atoms with van der Waals surface area (Å²) in [6.07, 6.45) is 4.95. The highest BCUT2D eigenvalue weighted by atomic mass is 32.1. The molecule has 0 aliphatic carbocycles. The summed E-state index contributed by atoms with van der Waals surface area (Å²) in [6.45, 7) is 3.82. The quantitative estimate of drug-likeness (QED) is 0.400. The lowest BCUT2D eigenvalue weighted by molar-refractivity contribution is -0.122. The summed E-state index contributed by atoms with van der Waals surface area (Å²) in [4.78, 5) is 30.9. The molecule has 1 fully saturated rings. The maximum absolute atomic E-state index is 13.7. The number of aryl methyl sites for hydroxylation is 1. The Bertz CT molecular complexity index is 1220. The molecule has 1 aliphatic rings. The number of rotatable bonds is 3. The molecule has 6 nitrogen and oxygen atoms in total. The third-order valence-corrected chi connectivity index (χ3v) is 5.13. The van der Waals surface area contributed by atoms with Gasteiger partial charge >= 0.3 is 0 Å². The molecule has 2 amide bonds. The van der Waals surface area contributed by atoms with Crippen molar-refractivity contribution in [2.24, 2.45) is 0 Å². The van der Waals surface area contributed by atoms with Crippen LogP contribution in [0.3, 0.4) is 0 Å². The molecule has 1 aliphatic heterocycles. The molecule has 0 saturated carbocycles. The summed E-state index contributed by atoms with van der Waals surface area (Å²) in [7, 11) is 0. The third kappa shape index (κ3) is 3.42. The molecule has 150 valence electrons. The van der Waals surface area contributed by atoms with E-state index in [-0.39, 0.29) is 16.4 Å². The fourth-order valence-electron chi connectivity index (χ4n) is 3.48. The zero-order valence-electron chi connectivity index (χ0n) is 16.2. The van der Waals surface area contributed by atoms with Gasteiger partial charge in [0.05, 0.1) is 17.6 Å². The molecule has 0 bridgehead atoms. The number of carbonyl (C=O) groups excluding carboxylic acids is 2. The van der Waals surface area contributed by atoms with Crippen molar-refractivity contribution in [1.29, 1.82) is 0 Å². The summed E-state index contributed by atoms with van der Waals surface area (Å²) in [5.41, 5.74) is 3.52. The van der Waals surface area contributed by atoms with Crippen LogP contribution in [0.25, 0.3) is 11.8 Å². The maximum Gasteiger partial charge on any atom is 0.270 e. The molecule has 2 aromatic heterocycles. The van der Waals surface area contributed by atoms with Gasteiger partial charge in [0.1, 0.15) is 11.4 Å². The van der Waals surface area contributed by atoms with Gasteiger partial charge in [-0.2, -0.15) is 0 Å².